The van der Waals surface area contributed by atoms with Gasteiger partial charge in [-0.2, -0.15) is 42.0 Å². The molecule has 5 N–H and O–H groups in total. The van der Waals surface area contributed by atoms with E-state index in [-0.39, 0.29) is 43.3 Å². The quantitative estimate of drug-likeness (QED) is 0.0589. The first-order chi connectivity index (χ1) is 44.7. The molecule has 8 aromatic rings. The molecule has 5 aliphatic heterocycles. The Balaban J connectivity index is 0.000000140. The number of hydrogen-bond donors (Lipinski definition) is 5. The third-order valence-corrected chi connectivity index (χ3v) is 18.2. The van der Waals surface area contributed by atoms with Gasteiger partial charge in [-0.05, 0) is 179 Å². The molecule has 95 heavy (non-hydrogen) atoms. The van der Waals surface area contributed by atoms with E-state index >= 15 is 0 Å². The number of fused-ring (bicyclic) bond motifs is 4. The van der Waals surface area contributed by atoms with Crippen LogP contribution in [0.4, 0.5) is 22.8 Å². The molecule has 0 radical (unpaired) electrons. The van der Waals surface area contributed by atoms with Gasteiger partial charge in [-0.15, -0.1) is 0 Å². The molecule has 2 fully saturated rings. The van der Waals surface area contributed by atoms with Crippen LogP contribution in [0.2, 0.25) is 0 Å². The number of benzene rings is 4. The number of nitrogens with one attached hydrogen (secondary N) is 5. The Morgan fingerprint density at radius 3 is 1.62 bits per heavy atom. The van der Waals surface area contributed by atoms with Gasteiger partial charge >= 0.3 is 34.9 Å². The molecule has 510 valence electrons. The van der Waals surface area contributed by atoms with Crippen LogP contribution in [-0.4, -0.2) is 138 Å². The van der Waals surface area contributed by atoms with E-state index in [9.17, 15) is 31.2 Å². The normalized spacial score (nSPS) is 21.3. The minimum Gasteiger partial charge on any atom is -0.443 e. The van der Waals surface area contributed by atoms with Crippen molar-refractivity contribution in [2.45, 2.75) is 169 Å². The van der Waals surface area contributed by atoms with Gasteiger partial charge in [0.1, 0.15) is 11.2 Å². The van der Waals surface area contributed by atoms with Gasteiger partial charge in [-0.3, -0.25) is 30.3 Å². The van der Waals surface area contributed by atoms with Crippen LogP contribution >= 0.6 is 0 Å². The maximum Gasteiger partial charge on any atom is 0.534 e. The van der Waals surface area contributed by atoms with Crippen LogP contribution < -0.4 is 10.8 Å². The number of carbonyl (C=O) groups is 2. The third kappa shape index (κ3) is 17.7. The largest absolute Gasteiger partial charge is 0.534 e. The van der Waals surface area contributed by atoms with Crippen molar-refractivity contribution < 1.29 is 54.1 Å². The van der Waals surface area contributed by atoms with Crippen molar-refractivity contribution in [3.8, 4) is 0 Å². The summed E-state index contributed by atoms with van der Waals surface area (Å²) in [6, 6.07) is 25.2. The van der Waals surface area contributed by atoms with Gasteiger partial charge in [-0.1, -0.05) is 82.3 Å². The maximum absolute atomic E-state index is 12.7. The molecule has 2 amide bonds. The minimum absolute atomic E-state index is 0.00583. The monoisotopic (exact) mass is 1330 g/mol. The topological polar surface area (TPSA) is 260 Å². The number of ether oxygens (including phenoxy) is 2. The van der Waals surface area contributed by atoms with Crippen molar-refractivity contribution in [1.82, 2.24) is 55.9 Å². The van der Waals surface area contributed by atoms with E-state index in [2.05, 4.69) is 146 Å². The summed E-state index contributed by atoms with van der Waals surface area (Å²) >= 11 is 0. The molecule has 4 aromatic heterocycles. The zero-order valence-electron chi connectivity index (χ0n) is 56.8. The Morgan fingerprint density at radius 1 is 0.600 bits per heavy atom. The number of allylic oxidation sites excluding steroid dienone is 2. The number of hydrogen-bond acceptors (Lipinski definition) is 15. The van der Waals surface area contributed by atoms with Crippen LogP contribution in [0.25, 0.3) is 49.3 Å². The summed E-state index contributed by atoms with van der Waals surface area (Å²) in [6.45, 7) is 29.8. The summed E-state index contributed by atoms with van der Waals surface area (Å²) in [4.78, 5) is 31.9. The average Bonchev–Trinajstić information content (AvgIpc) is 1.70. The Kier molecular flexibility index (Phi) is 21.8. The SMILES string of the molecule is CC1(C)OB(c2cccc3[nH]ncc23)OC1(C)C.CC1CC=C(OS(=O)(=O)C(F)(F)F)N(C(=O)OC(C)(C)C)C1.CC1CC=C(c2cccc3[nH]ncc23)N(C(=O)OC(C)(C)C)C1.CC1CCC(c2cccc3[nH]ncc23)=NC1.C[C@H]1CC[C@H](c2cccc3[nH]ncc23)NC1. The maximum atomic E-state index is 12.7. The van der Waals surface area contributed by atoms with Gasteiger partial charge < -0.3 is 28.3 Å². The van der Waals surface area contributed by atoms with E-state index in [1.54, 1.807) is 38.8 Å². The van der Waals surface area contributed by atoms with Crippen molar-refractivity contribution in [2.24, 2.45) is 28.7 Å². The number of rotatable bonds is 6. The molecule has 2 saturated heterocycles. The first-order valence-corrected chi connectivity index (χ1v) is 33.8. The lowest BCUT2D eigenvalue weighted by atomic mass is 9.77. The van der Waals surface area contributed by atoms with Crippen molar-refractivity contribution in [2.75, 3.05) is 26.2 Å². The van der Waals surface area contributed by atoms with Crippen molar-refractivity contribution in [1.29, 1.82) is 0 Å². The number of H-pyrrole nitrogens is 4. The van der Waals surface area contributed by atoms with Gasteiger partial charge in [0, 0.05) is 64.1 Å². The molecule has 9 heterocycles. The molecule has 5 atom stereocenters. The molecule has 5 aliphatic rings. The van der Waals surface area contributed by atoms with E-state index in [4.69, 9.17) is 18.8 Å². The van der Waals surface area contributed by atoms with E-state index in [1.165, 1.54) is 46.9 Å². The summed E-state index contributed by atoms with van der Waals surface area (Å²) in [6.07, 6.45) is 15.5. The lowest BCUT2D eigenvalue weighted by Gasteiger charge is -2.34. The highest BCUT2D eigenvalue weighted by molar-refractivity contribution is 7.87. The summed E-state index contributed by atoms with van der Waals surface area (Å²) < 4.78 is 86.2. The van der Waals surface area contributed by atoms with Crippen molar-refractivity contribution in [3.63, 3.8) is 0 Å². The molecule has 4 aromatic carbocycles. The summed E-state index contributed by atoms with van der Waals surface area (Å²) in [7, 11) is -6.18. The van der Waals surface area contributed by atoms with Gasteiger partial charge in [0.2, 0.25) is 5.88 Å². The zero-order valence-corrected chi connectivity index (χ0v) is 57.6. The average molecular weight is 1330 g/mol. The standard InChI is InChI=1S/C18H23N3O2.C13H17BN2O2.C13H17N3.C13H15N3.C12H18F3NO5S/c1-12-8-9-16(21(11-12)17(22)23-18(2,3)4)13-6-5-7-15-14(13)10-19-20-15;1-12(2)13(3,4)18-14(17-12)10-6-5-7-11-9(10)8-15-16-11;2*1-9-5-6-12(14-7-9)10-3-2-4-13-11(10)8-15-16-13;1-8-5-6-9(21-22(18,19)12(13,14)15)16(7-8)10(17)20-11(2,3)4/h5-7,9-10,12H,8,11H2,1-4H3,(H,19,20);5-8H,1-4H3,(H,15,16);2-4,8-9,12,14H,5-7H2,1H3,(H,15,16);2-4,8-9H,5-7H2,1H3,(H,15,16);6,8H,5,7H2,1-4H3/t;;9-,12+;;/m..0../s1. The van der Waals surface area contributed by atoms with Crippen molar-refractivity contribution >= 4 is 89.9 Å². The first kappa shape index (κ1) is 71.2. The van der Waals surface area contributed by atoms with E-state index in [0.717, 1.165) is 98.3 Å². The molecule has 21 nitrogen and oxygen atoms in total. The molecule has 0 bridgehead atoms. The summed E-state index contributed by atoms with van der Waals surface area (Å²) in [5.74, 6) is 1.18. The van der Waals surface area contributed by atoms with Crippen LogP contribution in [0.1, 0.15) is 158 Å². The van der Waals surface area contributed by atoms with Crippen LogP contribution in [0.3, 0.4) is 0 Å². The number of piperidine rings is 1. The Labute approximate surface area is 554 Å². The van der Waals surface area contributed by atoms with Crippen LogP contribution in [0.5, 0.6) is 0 Å². The molecule has 26 heteroatoms. The number of carbonyl (C=O) groups excluding carboxylic acids is 2. The summed E-state index contributed by atoms with van der Waals surface area (Å²) in [5, 5.41) is 36.5. The number of amides is 2. The third-order valence-electron chi connectivity index (χ3n) is 17.3. The smallest absolute Gasteiger partial charge is 0.443 e. The zero-order chi connectivity index (χ0) is 68.8. The minimum atomic E-state index is -5.84. The summed E-state index contributed by atoms with van der Waals surface area (Å²) in [5.41, 5.74) is 3.42. The van der Waals surface area contributed by atoms with Gasteiger partial charge in [0.15, 0.2) is 0 Å². The Hall–Kier alpha value is -8.07. The number of aromatic amines is 4. The van der Waals surface area contributed by atoms with Crippen LogP contribution in [0, 0.1) is 23.7 Å². The van der Waals surface area contributed by atoms with E-state index in [1.807, 2.05) is 75.8 Å². The predicted molar refractivity (Wildman–Crippen MR) is 365 cm³/mol. The molecule has 13 rings (SSSR count). The molecule has 0 aliphatic carbocycles. The second kappa shape index (κ2) is 29.1. The van der Waals surface area contributed by atoms with Gasteiger partial charge in [0.25, 0.3) is 0 Å². The number of halogens is 3. The van der Waals surface area contributed by atoms with Gasteiger partial charge in [-0.25, -0.2) is 14.5 Å². The lowest BCUT2D eigenvalue weighted by Crippen LogP contribution is -2.42. The highest BCUT2D eigenvalue weighted by atomic mass is 32.2. The predicted octanol–water partition coefficient (Wildman–Crippen LogP) is 14.4. The molecule has 0 saturated carbocycles. The number of aliphatic imine (C=N–C) groups is 1. The van der Waals surface area contributed by atoms with Crippen LogP contribution in [0.15, 0.2) is 121 Å². The number of aromatic nitrogens is 8. The second-order valence-corrected chi connectivity index (χ2v) is 29.8. The fourth-order valence-electron chi connectivity index (χ4n) is 11.4. The molecular weight excluding hydrogens is 1240 g/mol. The fraction of sp³-hybridized carbons (Fsp3) is 0.493. The van der Waals surface area contributed by atoms with Crippen molar-refractivity contribution in [3.05, 3.63) is 132 Å². The highest BCUT2D eigenvalue weighted by Crippen LogP contribution is 2.38. The number of alkyl halides is 3. The first-order valence-electron chi connectivity index (χ1n) is 32.4. The van der Waals surface area contributed by atoms with Gasteiger partial charge in [0.05, 0.1) is 63.8 Å². The Morgan fingerprint density at radius 2 is 1.08 bits per heavy atom. The molecule has 3 unspecified atom stereocenters. The highest BCUT2D eigenvalue weighted by Gasteiger charge is 2.52. The number of nitrogens with zero attached hydrogens (tertiary/aromatic N) is 7. The second-order valence-electron chi connectivity index (χ2n) is 28.3. The van der Waals surface area contributed by atoms with E-state index in [0.29, 0.717) is 18.5 Å². The van der Waals surface area contributed by atoms with E-state index < -0.39 is 38.8 Å². The Bertz CT molecular complexity index is 4160. The lowest BCUT2D eigenvalue weighted by molar-refractivity contribution is -0.0546. The van der Waals surface area contributed by atoms with Crippen LogP contribution in [-0.2, 0) is 33.1 Å². The fourth-order valence-corrected chi connectivity index (χ4v) is 11.9. The molecular formula is C69H90BF3N12O9S. The molecule has 0 spiro atoms.